The van der Waals surface area contributed by atoms with Crippen molar-refractivity contribution in [3.63, 3.8) is 0 Å². The minimum Gasteiger partial charge on any atom is -0.380 e. The second kappa shape index (κ2) is 6.25. The molecule has 0 aliphatic rings. The van der Waals surface area contributed by atoms with E-state index < -0.39 is 4.92 Å². The molecule has 0 bridgehead atoms. The standard InChI is InChI=1S/C14H18N4O3/c1-3-6-15-12-5-4-11(9-13(12)18(20)21)10-17-8-7-16(2)14(17)19/h4-5,7-9,15H,3,6,10H2,1-2H3. The Kier molecular flexibility index (Phi) is 4.42. The number of aromatic nitrogens is 2. The van der Waals surface area contributed by atoms with Gasteiger partial charge in [0, 0.05) is 32.1 Å². The lowest BCUT2D eigenvalue weighted by Crippen LogP contribution is -2.22. The van der Waals surface area contributed by atoms with Crippen molar-refractivity contribution in [3.05, 3.63) is 56.8 Å². The number of nitrogens with one attached hydrogen (secondary N) is 1. The van der Waals surface area contributed by atoms with Crippen molar-refractivity contribution in [1.82, 2.24) is 9.13 Å². The minimum absolute atomic E-state index is 0.0323. The summed E-state index contributed by atoms with van der Waals surface area (Å²) in [6.07, 6.45) is 4.21. The number of nitrogens with zero attached hydrogens (tertiary/aromatic N) is 3. The molecule has 112 valence electrons. The number of aryl methyl sites for hydroxylation is 1. The highest BCUT2D eigenvalue weighted by molar-refractivity contribution is 5.62. The van der Waals surface area contributed by atoms with Gasteiger partial charge in [0.25, 0.3) is 5.69 Å². The Morgan fingerprint density at radius 2 is 2.10 bits per heavy atom. The summed E-state index contributed by atoms with van der Waals surface area (Å²) in [5.41, 5.74) is 1.11. The van der Waals surface area contributed by atoms with Crippen LogP contribution in [-0.4, -0.2) is 20.6 Å². The maximum Gasteiger partial charge on any atom is 0.328 e. The van der Waals surface area contributed by atoms with Crippen molar-refractivity contribution in [2.75, 3.05) is 11.9 Å². The summed E-state index contributed by atoms with van der Waals surface area (Å²) in [5.74, 6) is 0. The fourth-order valence-corrected chi connectivity index (χ4v) is 2.06. The predicted molar refractivity (Wildman–Crippen MR) is 80.7 cm³/mol. The number of hydrogen-bond acceptors (Lipinski definition) is 4. The van der Waals surface area contributed by atoms with Gasteiger partial charge in [-0.1, -0.05) is 13.0 Å². The smallest absolute Gasteiger partial charge is 0.328 e. The Morgan fingerprint density at radius 1 is 1.33 bits per heavy atom. The van der Waals surface area contributed by atoms with Crippen molar-refractivity contribution < 1.29 is 4.92 Å². The second-order valence-corrected chi connectivity index (χ2v) is 4.85. The van der Waals surface area contributed by atoms with Crippen molar-refractivity contribution in [2.45, 2.75) is 19.9 Å². The molecule has 0 radical (unpaired) electrons. The molecule has 0 saturated carbocycles. The molecule has 1 N–H and O–H groups in total. The Bertz CT molecular complexity index is 702. The molecule has 2 rings (SSSR count). The summed E-state index contributed by atoms with van der Waals surface area (Å²) in [4.78, 5) is 22.5. The fourth-order valence-electron chi connectivity index (χ4n) is 2.06. The molecule has 0 unspecified atom stereocenters. The lowest BCUT2D eigenvalue weighted by atomic mass is 10.1. The van der Waals surface area contributed by atoms with E-state index in [1.165, 1.54) is 15.2 Å². The van der Waals surface area contributed by atoms with Gasteiger partial charge in [0.2, 0.25) is 0 Å². The fraction of sp³-hybridized carbons (Fsp3) is 0.357. The molecule has 1 heterocycles. The first-order chi connectivity index (χ1) is 10.0. The molecular formula is C14H18N4O3. The highest BCUT2D eigenvalue weighted by Gasteiger charge is 2.14. The lowest BCUT2D eigenvalue weighted by Gasteiger charge is -2.08. The zero-order valence-corrected chi connectivity index (χ0v) is 12.1. The van der Waals surface area contributed by atoms with Crippen LogP contribution in [0.5, 0.6) is 0 Å². The van der Waals surface area contributed by atoms with Gasteiger partial charge >= 0.3 is 5.69 Å². The molecule has 2 aromatic rings. The van der Waals surface area contributed by atoms with Crippen LogP contribution in [0, 0.1) is 10.1 Å². The molecule has 7 heteroatoms. The lowest BCUT2D eigenvalue weighted by molar-refractivity contribution is -0.384. The third-order valence-electron chi connectivity index (χ3n) is 3.19. The van der Waals surface area contributed by atoms with Gasteiger partial charge in [0.05, 0.1) is 11.5 Å². The van der Waals surface area contributed by atoms with Crippen LogP contribution < -0.4 is 11.0 Å². The van der Waals surface area contributed by atoms with Gasteiger partial charge in [0.15, 0.2) is 0 Å². The van der Waals surface area contributed by atoms with E-state index in [9.17, 15) is 14.9 Å². The van der Waals surface area contributed by atoms with Crippen LogP contribution >= 0.6 is 0 Å². The summed E-state index contributed by atoms with van der Waals surface area (Å²) in [5, 5.41) is 14.2. The number of hydrogen-bond donors (Lipinski definition) is 1. The predicted octanol–water partition coefficient (Wildman–Crippen LogP) is 1.97. The second-order valence-electron chi connectivity index (χ2n) is 4.85. The third-order valence-corrected chi connectivity index (χ3v) is 3.19. The van der Waals surface area contributed by atoms with Gasteiger partial charge < -0.3 is 9.88 Å². The summed E-state index contributed by atoms with van der Waals surface area (Å²) >= 11 is 0. The number of imidazole rings is 1. The van der Waals surface area contributed by atoms with Crippen molar-refractivity contribution >= 4 is 11.4 Å². The molecule has 0 aliphatic heterocycles. The number of benzene rings is 1. The summed E-state index contributed by atoms with van der Waals surface area (Å²) in [7, 11) is 1.67. The average molecular weight is 290 g/mol. The number of rotatable bonds is 6. The average Bonchev–Trinajstić information content (AvgIpc) is 2.77. The van der Waals surface area contributed by atoms with E-state index in [1.807, 2.05) is 6.92 Å². The van der Waals surface area contributed by atoms with Crippen LogP contribution in [0.3, 0.4) is 0 Å². The van der Waals surface area contributed by atoms with E-state index in [2.05, 4.69) is 5.32 Å². The van der Waals surface area contributed by atoms with E-state index in [-0.39, 0.29) is 11.4 Å². The van der Waals surface area contributed by atoms with E-state index in [0.29, 0.717) is 18.8 Å². The third kappa shape index (κ3) is 3.31. The molecular weight excluding hydrogens is 272 g/mol. The maximum atomic E-state index is 11.8. The van der Waals surface area contributed by atoms with E-state index in [4.69, 9.17) is 0 Å². The number of anilines is 1. The molecule has 0 spiro atoms. The van der Waals surface area contributed by atoms with Crippen molar-refractivity contribution in [2.24, 2.45) is 7.05 Å². The molecule has 0 amide bonds. The zero-order chi connectivity index (χ0) is 15.4. The van der Waals surface area contributed by atoms with E-state index in [1.54, 1.807) is 31.6 Å². The van der Waals surface area contributed by atoms with Crippen LogP contribution in [0.25, 0.3) is 0 Å². The monoisotopic (exact) mass is 290 g/mol. The van der Waals surface area contributed by atoms with E-state index in [0.717, 1.165) is 12.0 Å². The van der Waals surface area contributed by atoms with Crippen LogP contribution in [-0.2, 0) is 13.6 Å². The molecule has 1 aromatic carbocycles. The molecule has 0 fully saturated rings. The SMILES string of the molecule is CCCNc1ccc(Cn2ccn(C)c2=O)cc1[N+](=O)[O-]. The van der Waals surface area contributed by atoms with Crippen molar-refractivity contribution in [3.8, 4) is 0 Å². The Hall–Kier alpha value is -2.57. The molecule has 1 aromatic heterocycles. The molecule has 0 saturated heterocycles. The van der Waals surface area contributed by atoms with Gasteiger partial charge in [-0.2, -0.15) is 0 Å². The van der Waals surface area contributed by atoms with Gasteiger partial charge in [-0.15, -0.1) is 0 Å². The first-order valence-electron chi connectivity index (χ1n) is 6.76. The van der Waals surface area contributed by atoms with Gasteiger partial charge in [-0.05, 0) is 18.1 Å². The quantitative estimate of drug-likeness (QED) is 0.651. The van der Waals surface area contributed by atoms with Gasteiger partial charge in [0.1, 0.15) is 5.69 Å². The Morgan fingerprint density at radius 3 is 2.67 bits per heavy atom. The Labute approximate surface area is 122 Å². The normalized spacial score (nSPS) is 10.6. The molecule has 7 nitrogen and oxygen atoms in total. The van der Waals surface area contributed by atoms with Crippen LogP contribution in [0.4, 0.5) is 11.4 Å². The molecule has 21 heavy (non-hydrogen) atoms. The summed E-state index contributed by atoms with van der Waals surface area (Å²) < 4.78 is 2.98. The van der Waals surface area contributed by atoms with Crippen LogP contribution in [0.2, 0.25) is 0 Å². The minimum atomic E-state index is -0.407. The largest absolute Gasteiger partial charge is 0.380 e. The highest BCUT2D eigenvalue weighted by atomic mass is 16.6. The highest BCUT2D eigenvalue weighted by Crippen LogP contribution is 2.25. The van der Waals surface area contributed by atoms with Gasteiger partial charge in [-0.3, -0.25) is 14.7 Å². The van der Waals surface area contributed by atoms with Crippen LogP contribution in [0.15, 0.2) is 35.4 Å². The van der Waals surface area contributed by atoms with E-state index >= 15 is 0 Å². The zero-order valence-electron chi connectivity index (χ0n) is 12.1. The maximum absolute atomic E-state index is 11.8. The topological polar surface area (TPSA) is 82.1 Å². The van der Waals surface area contributed by atoms with Crippen LogP contribution in [0.1, 0.15) is 18.9 Å². The van der Waals surface area contributed by atoms with Gasteiger partial charge in [-0.25, -0.2) is 4.79 Å². The molecule has 0 aliphatic carbocycles. The summed E-state index contributed by atoms with van der Waals surface area (Å²) in [6, 6.07) is 5.00. The Balaban J connectivity index is 2.29. The first-order valence-corrected chi connectivity index (χ1v) is 6.76. The number of nitro benzene ring substituents is 1. The summed E-state index contributed by atoms with van der Waals surface area (Å²) in [6.45, 7) is 2.99. The van der Waals surface area contributed by atoms with Crippen molar-refractivity contribution in [1.29, 1.82) is 0 Å². The number of nitro groups is 1. The molecule has 0 atom stereocenters. The first kappa shape index (κ1) is 14.8.